The van der Waals surface area contributed by atoms with Crippen molar-refractivity contribution in [3.8, 4) is 17.0 Å². The number of carboxylic acid groups (broad SMARTS) is 1. The second-order valence-corrected chi connectivity index (χ2v) is 10.8. The van der Waals surface area contributed by atoms with Crippen molar-refractivity contribution in [3.63, 3.8) is 0 Å². The molecule has 208 valence electrons. The number of hydrogen-bond donors (Lipinski definition) is 3. The number of hydrogen-bond acceptors (Lipinski definition) is 7. The molecule has 1 fully saturated rings. The van der Waals surface area contributed by atoms with Crippen LogP contribution in [0.5, 0.6) is 5.75 Å². The first-order chi connectivity index (χ1) is 19.0. The molecule has 0 spiro atoms. The number of carbonyl (C=O) groups is 2. The van der Waals surface area contributed by atoms with Crippen LogP contribution < -0.4 is 15.8 Å². The minimum absolute atomic E-state index is 0.117. The van der Waals surface area contributed by atoms with Crippen molar-refractivity contribution >= 4 is 23.2 Å². The van der Waals surface area contributed by atoms with Crippen molar-refractivity contribution in [1.29, 1.82) is 0 Å². The van der Waals surface area contributed by atoms with Crippen LogP contribution in [0.1, 0.15) is 61.3 Å². The molecule has 40 heavy (non-hydrogen) atoms. The zero-order chi connectivity index (χ0) is 28.7. The van der Waals surface area contributed by atoms with Crippen LogP contribution in [0.2, 0.25) is 0 Å². The number of rotatable bonds is 7. The Morgan fingerprint density at radius 2 is 1.82 bits per heavy atom. The van der Waals surface area contributed by atoms with Crippen molar-refractivity contribution in [2.24, 2.45) is 5.41 Å². The monoisotopic (exact) mass is 546 g/mol. The number of fused-ring (bicyclic) bond motifs is 1. The van der Waals surface area contributed by atoms with Crippen LogP contribution in [-0.4, -0.2) is 43.7 Å². The lowest BCUT2D eigenvalue weighted by Gasteiger charge is -2.39. The van der Waals surface area contributed by atoms with Gasteiger partial charge in [-0.3, -0.25) is 9.59 Å². The largest absolute Gasteiger partial charge is 0.496 e. The molecule has 1 aliphatic carbocycles. The number of nitrogens with one attached hydrogen (secondary N) is 1. The lowest BCUT2D eigenvalue weighted by atomic mass is 9.65. The number of anilines is 1. The molecule has 0 saturated heterocycles. The number of carbonyl (C=O) groups excluding carboxylic acids is 1. The van der Waals surface area contributed by atoms with Gasteiger partial charge in [0.15, 0.2) is 5.82 Å². The number of nitrogens with two attached hydrogens (primary N) is 1. The van der Waals surface area contributed by atoms with E-state index in [2.05, 4.69) is 22.3 Å². The molecule has 11 heteroatoms. The summed E-state index contributed by atoms with van der Waals surface area (Å²) in [6.07, 6.45) is 3.75. The summed E-state index contributed by atoms with van der Waals surface area (Å²) in [7, 11) is 1.42. The summed E-state index contributed by atoms with van der Waals surface area (Å²) in [5.74, 6) is -0.451. The van der Waals surface area contributed by atoms with E-state index in [1.54, 1.807) is 11.4 Å². The Balaban J connectivity index is 1.40. The molecule has 0 bridgehead atoms. The van der Waals surface area contributed by atoms with E-state index >= 15 is 0 Å². The minimum atomic E-state index is -0.777. The molecule has 4 aromatic rings. The molecule has 5 rings (SSSR count). The van der Waals surface area contributed by atoms with Crippen molar-refractivity contribution in [1.82, 2.24) is 24.9 Å². The van der Waals surface area contributed by atoms with Gasteiger partial charge >= 0.3 is 5.97 Å². The maximum Gasteiger partial charge on any atom is 0.309 e. The van der Waals surface area contributed by atoms with Crippen molar-refractivity contribution in [2.45, 2.75) is 51.5 Å². The summed E-state index contributed by atoms with van der Waals surface area (Å²) >= 11 is 0. The molecule has 4 N–H and O–H groups in total. The maximum absolute atomic E-state index is 13.7. The summed E-state index contributed by atoms with van der Waals surface area (Å²) in [5, 5.41) is 16.9. The van der Waals surface area contributed by atoms with Crippen LogP contribution in [0.4, 0.5) is 10.2 Å². The molecule has 1 aliphatic rings. The van der Waals surface area contributed by atoms with E-state index in [1.807, 2.05) is 24.3 Å². The SMILES string of the molecule is COc1ccc(F)cc1C(=O)NCc1ccc(-c2nc([C@]3(C)CC[C@](C)(C(=O)O)CC3)n3ncnc(N)c23)cc1. The second-order valence-electron chi connectivity index (χ2n) is 10.8. The van der Waals surface area contributed by atoms with E-state index in [9.17, 15) is 19.1 Å². The summed E-state index contributed by atoms with van der Waals surface area (Å²) in [5.41, 5.74) is 8.09. The number of nitrogens with zero attached hydrogens (tertiary/aromatic N) is 4. The van der Waals surface area contributed by atoms with E-state index < -0.39 is 23.1 Å². The van der Waals surface area contributed by atoms with Crippen LogP contribution in [0.25, 0.3) is 16.8 Å². The first kappa shape index (κ1) is 27.0. The molecule has 1 saturated carbocycles. The number of aromatic nitrogens is 4. The highest BCUT2D eigenvalue weighted by atomic mass is 19.1. The van der Waals surface area contributed by atoms with Gasteiger partial charge in [-0.25, -0.2) is 18.9 Å². The summed E-state index contributed by atoms with van der Waals surface area (Å²) in [4.78, 5) is 33.6. The fourth-order valence-corrected chi connectivity index (χ4v) is 5.25. The number of halogens is 1. The Labute approximate surface area is 230 Å². The van der Waals surface area contributed by atoms with Crippen LogP contribution in [0.3, 0.4) is 0 Å². The zero-order valence-corrected chi connectivity index (χ0v) is 22.6. The van der Waals surface area contributed by atoms with Gasteiger partial charge in [-0.15, -0.1) is 0 Å². The molecule has 0 aliphatic heterocycles. The Bertz CT molecular complexity index is 1590. The Hall–Kier alpha value is -4.54. The summed E-state index contributed by atoms with van der Waals surface area (Å²) < 4.78 is 20.6. The smallest absolute Gasteiger partial charge is 0.309 e. The van der Waals surface area contributed by atoms with Crippen molar-refractivity contribution in [2.75, 3.05) is 12.8 Å². The lowest BCUT2D eigenvalue weighted by Crippen LogP contribution is -2.39. The first-order valence-corrected chi connectivity index (χ1v) is 13.0. The van der Waals surface area contributed by atoms with E-state index in [0.717, 1.165) is 23.0 Å². The number of methoxy groups -OCH3 is 1. The predicted molar refractivity (Wildman–Crippen MR) is 146 cm³/mol. The zero-order valence-electron chi connectivity index (χ0n) is 22.6. The highest BCUT2D eigenvalue weighted by molar-refractivity contribution is 5.97. The van der Waals surface area contributed by atoms with Gasteiger partial charge in [0.25, 0.3) is 5.91 Å². The molecular weight excluding hydrogens is 515 g/mol. The third kappa shape index (κ3) is 4.83. The number of benzene rings is 2. The molecule has 10 nitrogen and oxygen atoms in total. The highest BCUT2D eigenvalue weighted by Gasteiger charge is 2.45. The Kier molecular flexibility index (Phi) is 6.91. The molecule has 0 unspecified atom stereocenters. The van der Waals surface area contributed by atoms with E-state index in [1.165, 1.54) is 25.6 Å². The van der Waals surface area contributed by atoms with Gasteiger partial charge in [-0.05, 0) is 56.4 Å². The molecule has 2 heterocycles. The molecule has 0 atom stereocenters. The summed E-state index contributed by atoms with van der Waals surface area (Å²) in [6.45, 7) is 4.10. The molecular formula is C29H31FN6O4. The number of ether oxygens (including phenoxy) is 1. The fraction of sp³-hybridized carbons (Fsp3) is 0.345. The first-order valence-electron chi connectivity index (χ1n) is 13.0. The van der Waals surface area contributed by atoms with Gasteiger partial charge in [0.05, 0.1) is 18.1 Å². The van der Waals surface area contributed by atoms with Gasteiger partial charge in [0, 0.05) is 17.5 Å². The third-order valence-corrected chi connectivity index (χ3v) is 8.06. The van der Waals surface area contributed by atoms with Crippen molar-refractivity contribution in [3.05, 3.63) is 71.6 Å². The van der Waals surface area contributed by atoms with Gasteiger partial charge < -0.3 is 20.9 Å². The van der Waals surface area contributed by atoms with Gasteiger partial charge in [0.1, 0.15) is 34.9 Å². The lowest BCUT2D eigenvalue weighted by molar-refractivity contribution is -0.150. The maximum atomic E-state index is 13.7. The second kappa shape index (κ2) is 10.2. The summed E-state index contributed by atoms with van der Waals surface area (Å²) in [6, 6.07) is 11.3. The Morgan fingerprint density at radius 1 is 1.12 bits per heavy atom. The number of amides is 1. The van der Waals surface area contributed by atoms with Gasteiger partial charge in [0.2, 0.25) is 0 Å². The normalized spacial score (nSPS) is 20.8. The topological polar surface area (TPSA) is 145 Å². The number of carboxylic acids is 1. The number of imidazole rings is 1. The quantitative estimate of drug-likeness (QED) is 0.310. The number of nitrogen functional groups attached to an aromatic ring is 1. The molecule has 1 amide bonds. The van der Waals surface area contributed by atoms with Crippen LogP contribution in [-0.2, 0) is 16.8 Å². The van der Waals surface area contributed by atoms with E-state index in [-0.39, 0.29) is 23.3 Å². The van der Waals surface area contributed by atoms with Gasteiger partial charge in [-0.1, -0.05) is 31.2 Å². The standard InChI is InChI=1S/C29H31FN6O4/c1-28(10-12-29(2,13-11-28)27(38)39)26-35-22(23-24(31)33-16-34-36(23)26)18-6-4-17(5-7-18)15-32-25(37)20-14-19(30)8-9-21(20)40-3/h4-9,14,16H,10-13,15H2,1-3H3,(H,32,37)(H,38,39)(H2,31,33,34)/t28-,29+. The van der Waals surface area contributed by atoms with E-state index in [4.69, 9.17) is 15.5 Å². The van der Waals surface area contributed by atoms with Gasteiger partial charge in [-0.2, -0.15) is 5.10 Å². The fourth-order valence-electron chi connectivity index (χ4n) is 5.25. The Morgan fingerprint density at radius 3 is 2.48 bits per heavy atom. The average Bonchev–Trinajstić information content (AvgIpc) is 3.35. The molecule has 0 radical (unpaired) electrons. The van der Waals surface area contributed by atoms with Crippen LogP contribution in [0.15, 0.2) is 48.8 Å². The number of aliphatic carboxylic acids is 1. The highest BCUT2D eigenvalue weighted by Crippen LogP contribution is 2.47. The minimum Gasteiger partial charge on any atom is -0.496 e. The predicted octanol–water partition coefficient (Wildman–Crippen LogP) is 4.37. The molecule has 2 aromatic carbocycles. The third-order valence-electron chi connectivity index (χ3n) is 8.06. The average molecular weight is 547 g/mol. The van der Waals surface area contributed by atoms with Crippen LogP contribution >= 0.6 is 0 Å². The van der Waals surface area contributed by atoms with Crippen molar-refractivity contribution < 1.29 is 23.8 Å². The van der Waals surface area contributed by atoms with E-state index in [0.29, 0.717) is 42.7 Å². The molecule has 2 aromatic heterocycles. The van der Waals surface area contributed by atoms with Crippen LogP contribution in [0, 0.1) is 11.2 Å².